The lowest BCUT2D eigenvalue weighted by Crippen LogP contribution is -2.21. The van der Waals surface area contributed by atoms with Gasteiger partial charge >= 0.3 is 5.97 Å². The number of hydrogen-bond donors (Lipinski definition) is 1. The van der Waals surface area contributed by atoms with Crippen LogP contribution in [0.25, 0.3) is 0 Å². The largest absolute Gasteiger partial charge is 0.457 e. The van der Waals surface area contributed by atoms with Crippen LogP contribution < -0.4 is 10.1 Å². The molecular weight excluding hydrogens is 354 g/mol. The summed E-state index contributed by atoms with van der Waals surface area (Å²) in [6, 6.07) is 21.6. The topological polar surface area (TPSA) is 64.6 Å². The summed E-state index contributed by atoms with van der Waals surface area (Å²) in [7, 11) is 0. The molecule has 0 aliphatic carbocycles. The van der Waals surface area contributed by atoms with Crippen molar-refractivity contribution in [2.75, 3.05) is 11.9 Å². The standard InChI is InChI=1S/C23H21NO4/c1-16-7-6-10-21(17(16)2)24-22(25)15-27-23(26)18-11-13-20(14-12-18)28-19-8-4-3-5-9-19/h3-14H,15H2,1-2H3,(H,24,25). The van der Waals surface area contributed by atoms with E-state index in [0.717, 1.165) is 11.1 Å². The van der Waals surface area contributed by atoms with Crippen molar-refractivity contribution in [3.8, 4) is 11.5 Å². The first-order chi connectivity index (χ1) is 13.5. The Hall–Kier alpha value is -3.60. The summed E-state index contributed by atoms with van der Waals surface area (Å²) in [6.07, 6.45) is 0. The molecule has 3 aromatic rings. The molecule has 0 radical (unpaired) electrons. The molecule has 3 rings (SSSR count). The molecule has 0 fully saturated rings. The van der Waals surface area contributed by atoms with Crippen LogP contribution in [0.15, 0.2) is 72.8 Å². The lowest BCUT2D eigenvalue weighted by molar-refractivity contribution is -0.119. The van der Waals surface area contributed by atoms with Crippen molar-refractivity contribution in [3.05, 3.63) is 89.5 Å². The minimum atomic E-state index is -0.567. The summed E-state index contributed by atoms with van der Waals surface area (Å²) >= 11 is 0. The van der Waals surface area contributed by atoms with Gasteiger partial charge in [0, 0.05) is 5.69 Å². The molecule has 0 saturated carbocycles. The second-order valence-electron chi connectivity index (χ2n) is 6.31. The van der Waals surface area contributed by atoms with E-state index in [1.165, 1.54) is 0 Å². The van der Waals surface area contributed by atoms with Crippen LogP contribution in [0.4, 0.5) is 5.69 Å². The Labute approximate surface area is 163 Å². The van der Waals surface area contributed by atoms with Gasteiger partial charge < -0.3 is 14.8 Å². The molecule has 0 bridgehead atoms. The molecule has 0 atom stereocenters. The molecule has 0 aliphatic rings. The van der Waals surface area contributed by atoms with E-state index in [1.807, 2.05) is 62.4 Å². The summed E-state index contributed by atoms with van der Waals surface area (Å²) in [5.41, 5.74) is 3.12. The predicted octanol–water partition coefficient (Wildman–Crippen LogP) is 4.89. The van der Waals surface area contributed by atoms with Gasteiger partial charge in [-0.1, -0.05) is 30.3 Å². The van der Waals surface area contributed by atoms with E-state index in [-0.39, 0.29) is 12.5 Å². The molecule has 0 aliphatic heterocycles. The molecule has 5 heteroatoms. The maximum absolute atomic E-state index is 12.1. The van der Waals surface area contributed by atoms with Gasteiger partial charge in [-0.25, -0.2) is 4.79 Å². The number of esters is 1. The third-order valence-corrected chi connectivity index (χ3v) is 4.28. The van der Waals surface area contributed by atoms with Crippen molar-refractivity contribution in [2.45, 2.75) is 13.8 Å². The number of ether oxygens (including phenoxy) is 2. The Bertz CT molecular complexity index is 966. The van der Waals surface area contributed by atoms with Crippen molar-refractivity contribution >= 4 is 17.6 Å². The average Bonchev–Trinajstić information content (AvgIpc) is 2.71. The molecule has 1 N–H and O–H groups in total. The summed E-state index contributed by atoms with van der Waals surface area (Å²) in [5, 5.41) is 2.76. The van der Waals surface area contributed by atoms with Gasteiger partial charge in [-0.2, -0.15) is 0 Å². The first kappa shape index (κ1) is 19.2. The lowest BCUT2D eigenvalue weighted by Gasteiger charge is -2.11. The van der Waals surface area contributed by atoms with E-state index in [1.54, 1.807) is 24.3 Å². The lowest BCUT2D eigenvalue weighted by atomic mass is 10.1. The Morgan fingerprint density at radius 3 is 2.21 bits per heavy atom. The quantitative estimate of drug-likeness (QED) is 0.623. The third-order valence-electron chi connectivity index (χ3n) is 4.28. The molecule has 1 amide bonds. The van der Waals surface area contributed by atoms with Crippen LogP contribution in [-0.2, 0) is 9.53 Å². The minimum Gasteiger partial charge on any atom is -0.457 e. The SMILES string of the molecule is Cc1cccc(NC(=O)COC(=O)c2ccc(Oc3ccccc3)cc2)c1C. The number of para-hydroxylation sites is 1. The Morgan fingerprint density at radius 2 is 1.50 bits per heavy atom. The summed E-state index contributed by atoms with van der Waals surface area (Å²) < 4.78 is 10.8. The first-order valence-corrected chi connectivity index (χ1v) is 8.89. The van der Waals surface area contributed by atoms with Crippen molar-refractivity contribution in [1.29, 1.82) is 0 Å². The number of carbonyl (C=O) groups excluding carboxylic acids is 2. The van der Waals surface area contributed by atoms with Crippen molar-refractivity contribution in [3.63, 3.8) is 0 Å². The molecule has 0 heterocycles. The maximum atomic E-state index is 12.1. The Kier molecular flexibility index (Phi) is 6.07. The zero-order valence-electron chi connectivity index (χ0n) is 15.8. The molecule has 0 aromatic heterocycles. The molecule has 142 valence electrons. The van der Waals surface area contributed by atoms with Gasteiger partial charge in [0.25, 0.3) is 5.91 Å². The smallest absolute Gasteiger partial charge is 0.338 e. The molecule has 0 spiro atoms. The van der Waals surface area contributed by atoms with Crippen LogP contribution in [0.3, 0.4) is 0 Å². The monoisotopic (exact) mass is 375 g/mol. The number of amides is 1. The van der Waals surface area contributed by atoms with E-state index in [4.69, 9.17) is 9.47 Å². The van der Waals surface area contributed by atoms with Gasteiger partial charge in [0.15, 0.2) is 6.61 Å². The van der Waals surface area contributed by atoms with Gasteiger partial charge in [0.2, 0.25) is 0 Å². The van der Waals surface area contributed by atoms with Crippen LogP contribution in [0.2, 0.25) is 0 Å². The van der Waals surface area contributed by atoms with Crippen LogP contribution in [0.1, 0.15) is 21.5 Å². The second-order valence-corrected chi connectivity index (χ2v) is 6.31. The fourth-order valence-corrected chi connectivity index (χ4v) is 2.57. The van der Waals surface area contributed by atoms with Gasteiger partial charge in [0.05, 0.1) is 5.56 Å². The highest BCUT2D eigenvalue weighted by molar-refractivity contribution is 5.96. The van der Waals surface area contributed by atoms with Crippen LogP contribution in [-0.4, -0.2) is 18.5 Å². The van der Waals surface area contributed by atoms with Gasteiger partial charge in [-0.05, 0) is 67.4 Å². The zero-order chi connectivity index (χ0) is 19.9. The number of anilines is 1. The van der Waals surface area contributed by atoms with E-state index in [0.29, 0.717) is 22.7 Å². The van der Waals surface area contributed by atoms with Crippen LogP contribution >= 0.6 is 0 Å². The fraction of sp³-hybridized carbons (Fsp3) is 0.130. The molecule has 0 saturated heterocycles. The summed E-state index contributed by atoms with van der Waals surface area (Å²) in [4.78, 5) is 24.2. The minimum absolute atomic E-state index is 0.347. The Balaban J connectivity index is 1.53. The summed E-state index contributed by atoms with van der Waals surface area (Å²) in [6.45, 7) is 3.54. The first-order valence-electron chi connectivity index (χ1n) is 8.89. The number of carbonyl (C=O) groups is 2. The van der Waals surface area contributed by atoms with Gasteiger partial charge in [-0.3, -0.25) is 4.79 Å². The molecule has 5 nitrogen and oxygen atoms in total. The number of aryl methyl sites for hydroxylation is 1. The Morgan fingerprint density at radius 1 is 0.821 bits per heavy atom. The molecular formula is C23H21NO4. The second kappa shape index (κ2) is 8.86. The highest BCUT2D eigenvalue weighted by Gasteiger charge is 2.12. The molecule has 28 heavy (non-hydrogen) atoms. The molecule has 0 unspecified atom stereocenters. The van der Waals surface area contributed by atoms with Crippen molar-refractivity contribution in [2.24, 2.45) is 0 Å². The van der Waals surface area contributed by atoms with Crippen molar-refractivity contribution < 1.29 is 19.1 Å². The predicted molar refractivity (Wildman–Crippen MR) is 108 cm³/mol. The van der Waals surface area contributed by atoms with Gasteiger partial charge in [-0.15, -0.1) is 0 Å². The average molecular weight is 375 g/mol. The van der Waals surface area contributed by atoms with Crippen LogP contribution in [0.5, 0.6) is 11.5 Å². The number of hydrogen-bond acceptors (Lipinski definition) is 4. The number of benzene rings is 3. The van der Waals surface area contributed by atoms with Gasteiger partial charge in [0.1, 0.15) is 11.5 Å². The van der Waals surface area contributed by atoms with E-state index < -0.39 is 5.97 Å². The number of rotatable bonds is 6. The summed E-state index contributed by atoms with van der Waals surface area (Å²) in [5.74, 6) is 0.366. The fourth-order valence-electron chi connectivity index (χ4n) is 2.57. The maximum Gasteiger partial charge on any atom is 0.338 e. The molecule has 3 aromatic carbocycles. The highest BCUT2D eigenvalue weighted by Crippen LogP contribution is 2.21. The zero-order valence-corrected chi connectivity index (χ0v) is 15.8. The number of nitrogens with one attached hydrogen (secondary N) is 1. The third kappa shape index (κ3) is 4.98. The highest BCUT2D eigenvalue weighted by atomic mass is 16.5. The van der Waals surface area contributed by atoms with E-state index in [9.17, 15) is 9.59 Å². The van der Waals surface area contributed by atoms with Crippen LogP contribution in [0, 0.1) is 13.8 Å². The van der Waals surface area contributed by atoms with E-state index in [2.05, 4.69) is 5.32 Å². The van der Waals surface area contributed by atoms with E-state index >= 15 is 0 Å². The van der Waals surface area contributed by atoms with Crippen molar-refractivity contribution in [1.82, 2.24) is 0 Å². The normalized spacial score (nSPS) is 10.2.